The largest absolute Gasteiger partial charge is 0.442 e. The van der Waals surface area contributed by atoms with E-state index in [-0.39, 0.29) is 19.1 Å². The number of carbonyl (C=O) groups is 1. The number of fused-ring (bicyclic) bond motifs is 1. The fraction of sp³-hybridized carbons (Fsp3) is 0.188. The highest BCUT2D eigenvalue weighted by Crippen LogP contribution is 2.31. The molecule has 0 bridgehead atoms. The van der Waals surface area contributed by atoms with Gasteiger partial charge in [0.15, 0.2) is 0 Å². The summed E-state index contributed by atoms with van der Waals surface area (Å²) >= 11 is 5.99. The van der Waals surface area contributed by atoms with Crippen molar-refractivity contribution in [3.05, 3.63) is 46.9 Å². The summed E-state index contributed by atoms with van der Waals surface area (Å²) < 4.78 is 5.56. The van der Waals surface area contributed by atoms with Crippen molar-refractivity contribution < 1.29 is 14.3 Å². The molecule has 124 valence electrons. The highest BCUT2D eigenvalue weighted by Gasteiger charge is 2.22. The number of carbonyl (C=O) groups excluding carboxylic acids is 1. The minimum absolute atomic E-state index is 0.148. The number of halogens is 1. The molecule has 0 atom stereocenters. The van der Waals surface area contributed by atoms with Gasteiger partial charge in [0.2, 0.25) is 5.71 Å². The van der Waals surface area contributed by atoms with Crippen molar-refractivity contribution in [1.29, 1.82) is 0 Å². The van der Waals surface area contributed by atoms with E-state index >= 15 is 0 Å². The maximum Gasteiger partial charge on any atom is 0.255 e. The third-order valence-corrected chi connectivity index (χ3v) is 3.61. The SMILES string of the molecule is Cc1oc2ncnc(Nc3cccc(Cl)c3)c2c1C(=O)NCCO. The van der Waals surface area contributed by atoms with Crippen LogP contribution >= 0.6 is 11.6 Å². The number of hydrogen-bond acceptors (Lipinski definition) is 6. The van der Waals surface area contributed by atoms with Crippen molar-refractivity contribution in [2.75, 3.05) is 18.5 Å². The smallest absolute Gasteiger partial charge is 0.255 e. The number of benzene rings is 1. The van der Waals surface area contributed by atoms with E-state index in [1.54, 1.807) is 25.1 Å². The number of nitrogens with zero attached hydrogens (tertiary/aromatic N) is 2. The van der Waals surface area contributed by atoms with Crippen LogP contribution in [0.1, 0.15) is 16.1 Å². The van der Waals surface area contributed by atoms with E-state index in [9.17, 15) is 4.79 Å². The number of anilines is 2. The van der Waals surface area contributed by atoms with Crippen LogP contribution in [0.15, 0.2) is 35.0 Å². The Hall–Kier alpha value is -2.64. The van der Waals surface area contributed by atoms with Gasteiger partial charge in [-0.3, -0.25) is 4.79 Å². The Labute approximate surface area is 142 Å². The molecule has 3 rings (SSSR count). The van der Waals surface area contributed by atoms with Crippen LogP contribution in [0.25, 0.3) is 11.1 Å². The molecule has 8 heteroatoms. The number of nitrogens with one attached hydrogen (secondary N) is 2. The second-order valence-electron chi connectivity index (χ2n) is 5.05. The van der Waals surface area contributed by atoms with Gasteiger partial charge in [-0.05, 0) is 25.1 Å². The van der Waals surface area contributed by atoms with E-state index in [2.05, 4.69) is 20.6 Å². The van der Waals surface area contributed by atoms with Crippen LogP contribution in [-0.2, 0) is 0 Å². The molecule has 0 saturated heterocycles. The average Bonchev–Trinajstić information content (AvgIpc) is 2.90. The number of aromatic nitrogens is 2. The van der Waals surface area contributed by atoms with Crippen molar-refractivity contribution >= 4 is 40.1 Å². The summed E-state index contributed by atoms with van der Waals surface area (Å²) in [4.78, 5) is 20.7. The van der Waals surface area contributed by atoms with E-state index in [0.29, 0.717) is 33.3 Å². The molecule has 0 spiro atoms. The van der Waals surface area contributed by atoms with E-state index in [4.69, 9.17) is 21.1 Å². The lowest BCUT2D eigenvalue weighted by Gasteiger charge is -2.08. The molecule has 2 heterocycles. The summed E-state index contributed by atoms with van der Waals surface area (Å²) in [6, 6.07) is 7.14. The van der Waals surface area contributed by atoms with Gasteiger partial charge in [-0.25, -0.2) is 9.97 Å². The predicted molar refractivity (Wildman–Crippen MR) is 90.7 cm³/mol. The minimum Gasteiger partial charge on any atom is -0.442 e. The second-order valence-corrected chi connectivity index (χ2v) is 5.49. The maximum atomic E-state index is 12.4. The van der Waals surface area contributed by atoms with Gasteiger partial charge in [0, 0.05) is 17.3 Å². The zero-order valence-corrected chi connectivity index (χ0v) is 13.6. The molecule has 1 aromatic carbocycles. The fourth-order valence-electron chi connectivity index (χ4n) is 2.37. The van der Waals surface area contributed by atoms with Crippen LogP contribution in [0, 0.1) is 6.92 Å². The van der Waals surface area contributed by atoms with Crippen molar-refractivity contribution in [3.8, 4) is 0 Å². The Bertz CT molecular complexity index is 894. The first-order valence-corrected chi connectivity index (χ1v) is 7.63. The molecule has 0 aliphatic rings. The van der Waals surface area contributed by atoms with Crippen molar-refractivity contribution in [2.45, 2.75) is 6.92 Å². The molecule has 3 N–H and O–H groups in total. The fourth-order valence-corrected chi connectivity index (χ4v) is 2.56. The quantitative estimate of drug-likeness (QED) is 0.656. The zero-order valence-electron chi connectivity index (χ0n) is 12.8. The molecule has 0 fully saturated rings. The van der Waals surface area contributed by atoms with Gasteiger partial charge in [0.05, 0.1) is 17.6 Å². The molecule has 3 aromatic rings. The molecule has 24 heavy (non-hydrogen) atoms. The summed E-state index contributed by atoms with van der Waals surface area (Å²) in [6.07, 6.45) is 1.35. The second kappa shape index (κ2) is 6.86. The number of aliphatic hydroxyl groups excluding tert-OH is 1. The van der Waals surface area contributed by atoms with E-state index < -0.39 is 0 Å². The minimum atomic E-state index is -0.357. The summed E-state index contributed by atoms with van der Waals surface area (Å²) in [5.41, 5.74) is 1.37. The number of aryl methyl sites for hydroxylation is 1. The Morgan fingerprint density at radius 2 is 2.21 bits per heavy atom. The van der Waals surface area contributed by atoms with Gasteiger partial charge in [0.1, 0.15) is 17.9 Å². The van der Waals surface area contributed by atoms with Gasteiger partial charge >= 0.3 is 0 Å². The molecule has 0 aliphatic carbocycles. The molecule has 2 aromatic heterocycles. The molecule has 1 amide bonds. The van der Waals surface area contributed by atoms with E-state index in [1.807, 2.05) is 6.07 Å². The lowest BCUT2D eigenvalue weighted by molar-refractivity contribution is 0.0944. The summed E-state index contributed by atoms with van der Waals surface area (Å²) in [5, 5.41) is 15.7. The van der Waals surface area contributed by atoms with E-state index in [1.165, 1.54) is 6.33 Å². The monoisotopic (exact) mass is 346 g/mol. The molecule has 0 radical (unpaired) electrons. The number of aliphatic hydroxyl groups is 1. The number of amides is 1. The van der Waals surface area contributed by atoms with Crippen LogP contribution < -0.4 is 10.6 Å². The summed E-state index contributed by atoms with van der Waals surface area (Å²) in [6.45, 7) is 1.68. The van der Waals surface area contributed by atoms with Crippen LogP contribution in [0.4, 0.5) is 11.5 Å². The Morgan fingerprint density at radius 3 is 2.96 bits per heavy atom. The molecular weight excluding hydrogens is 332 g/mol. The molecule has 7 nitrogen and oxygen atoms in total. The summed E-state index contributed by atoms with van der Waals surface area (Å²) in [7, 11) is 0. The van der Waals surface area contributed by atoms with E-state index in [0.717, 1.165) is 5.69 Å². The first-order chi connectivity index (χ1) is 11.6. The highest BCUT2D eigenvalue weighted by molar-refractivity contribution is 6.30. The van der Waals surface area contributed by atoms with Crippen molar-refractivity contribution in [1.82, 2.24) is 15.3 Å². The van der Waals surface area contributed by atoms with Crippen molar-refractivity contribution in [3.63, 3.8) is 0 Å². The Morgan fingerprint density at radius 1 is 1.38 bits per heavy atom. The normalized spacial score (nSPS) is 10.8. The molecular formula is C16H15ClN4O3. The number of hydrogen-bond donors (Lipinski definition) is 3. The topological polar surface area (TPSA) is 100 Å². The number of rotatable bonds is 5. The first-order valence-electron chi connectivity index (χ1n) is 7.26. The average molecular weight is 347 g/mol. The third kappa shape index (κ3) is 3.17. The predicted octanol–water partition coefficient (Wildman–Crippen LogP) is 2.65. The zero-order chi connectivity index (χ0) is 17.1. The highest BCUT2D eigenvalue weighted by atomic mass is 35.5. The molecule has 0 aliphatic heterocycles. The lowest BCUT2D eigenvalue weighted by atomic mass is 10.1. The molecule has 0 saturated carbocycles. The number of furan rings is 1. The van der Waals surface area contributed by atoms with Gasteiger partial charge in [-0.2, -0.15) is 0 Å². The van der Waals surface area contributed by atoms with Gasteiger partial charge in [0.25, 0.3) is 5.91 Å². The Kier molecular flexibility index (Phi) is 4.64. The van der Waals surface area contributed by atoms with Crippen LogP contribution in [0.2, 0.25) is 5.02 Å². The van der Waals surface area contributed by atoms with Crippen LogP contribution in [0.3, 0.4) is 0 Å². The van der Waals surface area contributed by atoms with Gasteiger partial charge in [-0.1, -0.05) is 17.7 Å². The first kappa shape index (κ1) is 16.2. The Balaban J connectivity index is 2.06. The van der Waals surface area contributed by atoms with Gasteiger partial charge in [-0.15, -0.1) is 0 Å². The standard InChI is InChI=1S/C16H15ClN4O3/c1-9-12(15(23)18-5-6-22)13-14(19-8-20-16(13)24-9)21-11-4-2-3-10(17)7-11/h2-4,7-8,22H,5-6H2,1H3,(H,18,23)(H,19,20,21). The molecule has 0 unspecified atom stereocenters. The van der Waals surface area contributed by atoms with Crippen LogP contribution in [0.5, 0.6) is 0 Å². The van der Waals surface area contributed by atoms with Gasteiger partial charge < -0.3 is 20.2 Å². The third-order valence-electron chi connectivity index (χ3n) is 3.38. The summed E-state index contributed by atoms with van der Waals surface area (Å²) in [5.74, 6) is 0.507. The van der Waals surface area contributed by atoms with Crippen molar-refractivity contribution in [2.24, 2.45) is 0 Å². The maximum absolute atomic E-state index is 12.4. The lowest BCUT2D eigenvalue weighted by Crippen LogP contribution is -2.26. The van der Waals surface area contributed by atoms with Crippen LogP contribution in [-0.4, -0.2) is 34.1 Å².